The van der Waals surface area contributed by atoms with Crippen molar-refractivity contribution in [1.82, 2.24) is 14.5 Å². The van der Waals surface area contributed by atoms with E-state index in [9.17, 15) is 18.0 Å². The average molecular weight is 450 g/mol. The van der Waals surface area contributed by atoms with Crippen LogP contribution in [0.15, 0.2) is 43.0 Å². The highest BCUT2D eigenvalue weighted by atomic mass is 32.2. The monoisotopic (exact) mass is 449 g/mol. The van der Waals surface area contributed by atoms with E-state index in [4.69, 9.17) is 4.74 Å². The molecule has 2 aliphatic rings. The van der Waals surface area contributed by atoms with Crippen LogP contribution in [0.3, 0.4) is 0 Å². The van der Waals surface area contributed by atoms with Gasteiger partial charge in [-0.15, -0.1) is 0 Å². The van der Waals surface area contributed by atoms with Gasteiger partial charge in [0.15, 0.2) is 0 Å². The Bertz CT molecular complexity index is 866. The zero-order valence-corrected chi connectivity index (χ0v) is 18.6. The molecule has 2 amide bonds. The maximum Gasteiger partial charge on any atom is 0.410 e. The number of hydrogen-bond acceptors (Lipinski definition) is 5. The van der Waals surface area contributed by atoms with Crippen LogP contribution >= 0.6 is 0 Å². The first kappa shape index (κ1) is 23.3. The minimum atomic E-state index is -3.51. The highest BCUT2D eigenvalue weighted by molar-refractivity contribution is 7.89. The Hall–Kier alpha value is -2.39. The molecule has 0 spiro atoms. The van der Waals surface area contributed by atoms with Crippen LogP contribution in [0.25, 0.3) is 0 Å². The quantitative estimate of drug-likeness (QED) is 0.672. The number of hydrogen-bond donors (Lipinski definition) is 1. The molecule has 1 aromatic carbocycles. The topological polar surface area (TPSA) is 96.0 Å². The minimum absolute atomic E-state index is 0.198. The molecule has 2 fully saturated rings. The summed E-state index contributed by atoms with van der Waals surface area (Å²) < 4.78 is 33.4. The van der Waals surface area contributed by atoms with Crippen LogP contribution in [0.1, 0.15) is 37.7 Å². The first-order valence-electron chi connectivity index (χ1n) is 10.8. The van der Waals surface area contributed by atoms with Crippen molar-refractivity contribution in [1.29, 1.82) is 0 Å². The molecule has 1 atom stereocenters. The predicted octanol–water partition coefficient (Wildman–Crippen LogP) is 2.27. The average Bonchev–Trinajstić information content (AvgIpc) is 3.04. The lowest BCUT2D eigenvalue weighted by atomic mass is 10.1. The van der Waals surface area contributed by atoms with Gasteiger partial charge in [0.1, 0.15) is 6.61 Å². The maximum absolute atomic E-state index is 13.2. The molecule has 0 radical (unpaired) electrons. The standard InChI is InChI=1S/C22H31N3O5S/c1-2-21(26)23-19-10-6-7-13-25(16-19)31(28,29)20-11-14-24(15-12-20)22(27)30-17-18-8-4-3-5-9-18/h2-5,8-9,19-20H,1,6-7,10-17H2,(H,23,26). The second-order valence-corrected chi connectivity index (χ2v) is 10.2. The molecular weight excluding hydrogens is 418 g/mol. The van der Waals surface area contributed by atoms with E-state index in [-0.39, 0.29) is 25.1 Å². The molecule has 1 N–H and O–H groups in total. The maximum atomic E-state index is 13.2. The molecule has 0 aromatic heterocycles. The molecule has 8 nitrogen and oxygen atoms in total. The Morgan fingerprint density at radius 1 is 1.10 bits per heavy atom. The smallest absolute Gasteiger partial charge is 0.410 e. The van der Waals surface area contributed by atoms with Crippen molar-refractivity contribution in [2.75, 3.05) is 26.2 Å². The second-order valence-electron chi connectivity index (χ2n) is 8.03. The Morgan fingerprint density at radius 2 is 1.81 bits per heavy atom. The number of benzene rings is 1. The highest BCUT2D eigenvalue weighted by Crippen LogP contribution is 2.24. The summed E-state index contributed by atoms with van der Waals surface area (Å²) in [6.45, 7) is 5.09. The Kier molecular flexibility index (Phi) is 8.09. The summed E-state index contributed by atoms with van der Waals surface area (Å²) >= 11 is 0. The number of carbonyl (C=O) groups excluding carboxylic acids is 2. The summed E-state index contributed by atoms with van der Waals surface area (Å²) in [6.07, 6.45) is 3.92. The number of rotatable bonds is 6. The molecule has 0 bridgehead atoms. The van der Waals surface area contributed by atoms with Crippen molar-refractivity contribution in [2.24, 2.45) is 0 Å². The van der Waals surface area contributed by atoms with Crippen LogP contribution in [0.2, 0.25) is 0 Å². The van der Waals surface area contributed by atoms with Crippen LogP contribution in [0, 0.1) is 0 Å². The summed E-state index contributed by atoms with van der Waals surface area (Å²) in [5.41, 5.74) is 0.910. The molecule has 170 valence electrons. The third-order valence-electron chi connectivity index (χ3n) is 5.85. The lowest BCUT2D eigenvalue weighted by molar-refractivity contribution is -0.117. The molecule has 3 rings (SSSR count). The molecule has 2 aliphatic heterocycles. The second kappa shape index (κ2) is 10.8. The molecule has 0 aliphatic carbocycles. The van der Waals surface area contributed by atoms with Crippen molar-refractivity contribution in [3.05, 3.63) is 48.6 Å². The van der Waals surface area contributed by atoms with Crippen LogP contribution in [0.4, 0.5) is 4.79 Å². The number of nitrogens with one attached hydrogen (secondary N) is 1. The molecule has 0 saturated carbocycles. The normalized spacial score (nSPS) is 21.2. The number of ether oxygens (including phenoxy) is 1. The van der Waals surface area contributed by atoms with E-state index in [1.165, 1.54) is 10.4 Å². The number of sulfonamides is 1. The zero-order chi connectivity index (χ0) is 22.3. The minimum Gasteiger partial charge on any atom is -0.445 e. The fraction of sp³-hybridized carbons (Fsp3) is 0.545. The Labute approximate surface area is 184 Å². The van der Waals surface area contributed by atoms with E-state index >= 15 is 0 Å². The van der Waals surface area contributed by atoms with Gasteiger partial charge in [-0.05, 0) is 37.3 Å². The molecule has 9 heteroatoms. The number of amides is 2. The van der Waals surface area contributed by atoms with Crippen molar-refractivity contribution in [3.8, 4) is 0 Å². The zero-order valence-electron chi connectivity index (χ0n) is 17.7. The summed E-state index contributed by atoms with van der Waals surface area (Å²) in [6, 6.07) is 9.23. The van der Waals surface area contributed by atoms with Gasteiger partial charge in [0.2, 0.25) is 15.9 Å². The summed E-state index contributed by atoms with van der Waals surface area (Å²) in [4.78, 5) is 25.6. The van der Waals surface area contributed by atoms with E-state index in [2.05, 4.69) is 11.9 Å². The molecular formula is C22H31N3O5S. The summed E-state index contributed by atoms with van der Waals surface area (Å²) in [5.74, 6) is -0.286. The SMILES string of the molecule is C=CC(=O)NC1CCCCN(S(=O)(=O)C2CCN(C(=O)OCc3ccccc3)CC2)C1. The van der Waals surface area contributed by atoms with E-state index in [0.29, 0.717) is 32.5 Å². The molecule has 2 saturated heterocycles. The fourth-order valence-electron chi connectivity index (χ4n) is 4.07. The first-order chi connectivity index (χ1) is 14.9. The van der Waals surface area contributed by atoms with Gasteiger partial charge in [-0.1, -0.05) is 43.3 Å². The van der Waals surface area contributed by atoms with E-state index in [0.717, 1.165) is 24.8 Å². The predicted molar refractivity (Wildman–Crippen MR) is 118 cm³/mol. The van der Waals surface area contributed by atoms with Crippen molar-refractivity contribution >= 4 is 22.0 Å². The van der Waals surface area contributed by atoms with E-state index in [1.54, 1.807) is 4.90 Å². The van der Waals surface area contributed by atoms with Gasteiger partial charge >= 0.3 is 6.09 Å². The summed E-state index contributed by atoms with van der Waals surface area (Å²) in [5, 5.41) is 2.30. The molecule has 2 heterocycles. The van der Waals surface area contributed by atoms with Crippen LogP contribution in [-0.4, -0.2) is 67.1 Å². The van der Waals surface area contributed by atoms with E-state index < -0.39 is 21.4 Å². The van der Waals surface area contributed by atoms with E-state index in [1.807, 2.05) is 30.3 Å². The Morgan fingerprint density at radius 3 is 2.48 bits per heavy atom. The highest BCUT2D eigenvalue weighted by Gasteiger charge is 2.37. The third-order valence-corrected chi connectivity index (χ3v) is 8.22. The van der Waals surface area contributed by atoms with Crippen LogP contribution in [-0.2, 0) is 26.2 Å². The lowest BCUT2D eigenvalue weighted by Crippen LogP contribution is -2.50. The number of piperidine rings is 1. The van der Waals surface area contributed by atoms with Gasteiger partial charge < -0.3 is 15.0 Å². The van der Waals surface area contributed by atoms with Crippen molar-refractivity contribution in [3.63, 3.8) is 0 Å². The third kappa shape index (κ3) is 6.30. The van der Waals surface area contributed by atoms with Gasteiger partial charge in [-0.2, -0.15) is 4.31 Å². The number of likely N-dealkylation sites (tertiary alicyclic amines) is 1. The largest absolute Gasteiger partial charge is 0.445 e. The molecule has 31 heavy (non-hydrogen) atoms. The van der Waals surface area contributed by atoms with Crippen molar-refractivity contribution < 1.29 is 22.7 Å². The van der Waals surface area contributed by atoms with Gasteiger partial charge in [-0.3, -0.25) is 4.79 Å². The fourth-order valence-corrected chi connectivity index (χ4v) is 6.07. The summed E-state index contributed by atoms with van der Waals surface area (Å²) in [7, 11) is -3.51. The molecule has 1 aromatic rings. The van der Waals surface area contributed by atoms with Gasteiger partial charge in [0.05, 0.1) is 5.25 Å². The van der Waals surface area contributed by atoms with Crippen LogP contribution in [0.5, 0.6) is 0 Å². The van der Waals surface area contributed by atoms with Crippen LogP contribution < -0.4 is 5.32 Å². The number of carbonyl (C=O) groups is 2. The first-order valence-corrected chi connectivity index (χ1v) is 12.3. The van der Waals surface area contributed by atoms with Crippen molar-refractivity contribution in [2.45, 2.75) is 50.0 Å². The number of nitrogens with zero attached hydrogens (tertiary/aromatic N) is 2. The Balaban J connectivity index is 1.53. The lowest BCUT2D eigenvalue weighted by Gasteiger charge is -2.34. The molecule has 1 unspecified atom stereocenters. The van der Waals surface area contributed by atoms with Gasteiger partial charge in [0.25, 0.3) is 0 Å². The van der Waals surface area contributed by atoms with Gasteiger partial charge in [0, 0.05) is 32.2 Å². The van der Waals surface area contributed by atoms with Gasteiger partial charge in [-0.25, -0.2) is 13.2 Å².